The molecule has 0 fully saturated rings. The molecule has 0 unspecified atom stereocenters. The maximum Gasteiger partial charge on any atom is 0.155 e. The quantitative estimate of drug-likeness (QED) is 0.547. The number of pyridine rings is 1. The van der Waals surface area contributed by atoms with Gasteiger partial charge in [0.2, 0.25) is 0 Å². The molecule has 0 aromatic carbocycles. The number of nitrogens with zero attached hydrogens (tertiary/aromatic N) is 2. The highest BCUT2D eigenvalue weighted by molar-refractivity contribution is 5.79. The highest BCUT2D eigenvalue weighted by Gasteiger charge is 1.95. The maximum absolute atomic E-state index is 10.1. The van der Waals surface area contributed by atoms with Crippen LogP contribution in [0.5, 0.6) is 0 Å². The molecule has 64 valence electrons. The SMILES string of the molecule is O=CC=Cc1cnc2[nH]ncc2c1. The molecule has 0 amide bonds. The minimum atomic E-state index is 0.736. The molecule has 1 N–H and O–H groups in total. The van der Waals surface area contributed by atoms with Gasteiger partial charge in [-0.1, -0.05) is 6.08 Å². The molecule has 2 rings (SSSR count). The Morgan fingerprint density at radius 1 is 1.38 bits per heavy atom. The maximum atomic E-state index is 10.1. The zero-order valence-electron chi connectivity index (χ0n) is 6.77. The predicted molar refractivity (Wildman–Crippen MR) is 49.0 cm³/mol. The lowest BCUT2D eigenvalue weighted by Crippen LogP contribution is -1.78. The van der Waals surface area contributed by atoms with Crippen LogP contribution in [-0.2, 0) is 4.79 Å². The Hall–Kier alpha value is -1.97. The first-order chi connectivity index (χ1) is 6.40. The van der Waals surface area contributed by atoms with Crippen LogP contribution in [0.3, 0.4) is 0 Å². The molecule has 0 spiro atoms. The zero-order valence-corrected chi connectivity index (χ0v) is 6.77. The molecule has 2 aromatic heterocycles. The highest BCUT2D eigenvalue weighted by Crippen LogP contribution is 2.10. The predicted octanol–water partition coefficient (Wildman–Crippen LogP) is 1.17. The van der Waals surface area contributed by atoms with Crippen molar-refractivity contribution in [3.05, 3.63) is 30.1 Å². The van der Waals surface area contributed by atoms with Crippen LogP contribution in [0.2, 0.25) is 0 Å². The number of aromatic amines is 1. The fourth-order valence-corrected chi connectivity index (χ4v) is 1.10. The molecule has 0 aliphatic rings. The van der Waals surface area contributed by atoms with E-state index in [9.17, 15) is 4.79 Å². The van der Waals surface area contributed by atoms with Crippen LogP contribution < -0.4 is 0 Å². The smallest absolute Gasteiger partial charge is 0.155 e. The van der Waals surface area contributed by atoms with Gasteiger partial charge in [0.25, 0.3) is 0 Å². The molecule has 2 aromatic rings. The number of nitrogens with one attached hydrogen (secondary N) is 1. The number of aromatic nitrogens is 3. The second-order valence-corrected chi connectivity index (χ2v) is 2.57. The molecule has 2 heterocycles. The summed E-state index contributed by atoms with van der Waals surface area (Å²) < 4.78 is 0. The standard InChI is InChI=1S/C9H7N3O/c13-3-1-2-7-4-8-6-11-12-9(8)10-5-7/h1-6H,(H,10,11,12). The van der Waals surface area contributed by atoms with Crippen LogP contribution in [0.4, 0.5) is 0 Å². The molecule has 4 nitrogen and oxygen atoms in total. The normalized spacial score (nSPS) is 11.1. The summed E-state index contributed by atoms with van der Waals surface area (Å²) in [6.07, 6.45) is 7.25. The van der Waals surface area contributed by atoms with Crippen molar-refractivity contribution in [2.24, 2.45) is 0 Å². The number of allylic oxidation sites excluding steroid dienone is 1. The lowest BCUT2D eigenvalue weighted by molar-refractivity contribution is -0.104. The Bertz CT molecular complexity index is 459. The molecule has 0 aliphatic carbocycles. The van der Waals surface area contributed by atoms with Crippen LogP contribution in [-0.4, -0.2) is 21.5 Å². The van der Waals surface area contributed by atoms with E-state index in [4.69, 9.17) is 0 Å². The van der Waals surface area contributed by atoms with E-state index < -0.39 is 0 Å². The van der Waals surface area contributed by atoms with Crippen LogP contribution in [0.1, 0.15) is 5.56 Å². The van der Waals surface area contributed by atoms with Gasteiger partial charge in [0.1, 0.15) is 6.29 Å². The van der Waals surface area contributed by atoms with Crippen LogP contribution in [0.25, 0.3) is 17.1 Å². The van der Waals surface area contributed by atoms with E-state index in [1.807, 2.05) is 6.07 Å². The van der Waals surface area contributed by atoms with Crippen LogP contribution in [0.15, 0.2) is 24.5 Å². The van der Waals surface area contributed by atoms with Crippen LogP contribution >= 0.6 is 0 Å². The first kappa shape index (κ1) is 7.67. The molecule has 0 atom stereocenters. The van der Waals surface area contributed by atoms with Crippen molar-refractivity contribution in [3.8, 4) is 0 Å². The molecule has 0 radical (unpaired) electrons. The van der Waals surface area contributed by atoms with Crippen molar-refractivity contribution in [2.45, 2.75) is 0 Å². The monoisotopic (exact) mass is 173 g/mol. The summed E-state index contributed by atoms with van der Waals surface area (Å²) in [4.78, 5) is 14.2. The topological polar surface area (TPSA) is 58.6 Å². The summed E-state index contributed by atoms with van der Waals surface area (Å²) >= 11 is 0. The minimum Gasteiger partial charge on any atom is -0.299 e. The molecular weight excluding hydrogens is 166 g/mol. The van der Waals surface area contributed by atoms with E-state index in [2.05, 4.69) is 15.2 Å². The van der Waals surface area contributed by atoms with Gasteiger partial charge in [0.05, 0.1) is 6.20 Å². The molecular formula is C9H7N3O. The summed E-state index contributed by atoms with van der Waals surface area (Å²) in [5.41, 5.74) is 1.64. The Balaban J connectivity index is 2.47. The van der Waals surface area contributed by atoms with Gasteiger partial charge in [-0.05, 0) is 17.7 Å². The summed E-state index contributed by atoms with van der Waals surface area (Å²) in [6.45, 7) is 0. The highest BCUT2D eigenvalue weighted by atomic mass is 16.1. The Morgan fingerprint density at radius 3 is 3.15 bits per heavy atom. The van der Waals surface area contributed by atoms with Gasteiger partial charge >= 0.3 is 0 Å². The number of fused-ring (bicyclic) bond motifs is 1. The van der Waals surface area contributed by atoms with Gasteiger partial charge in [0, 0.05) is 11.6 Å². The van der Waals surface area contributed by atoms with E-state index in [1.165, 1.54) is 6.08 Å². The summed E-state index contributed by atoms with van der Waals surface area (Å²) in [6, 6.07) is 1.91. The third-order valence-corrected chi connectivity index (χ3v) is 1.68. The van der Waals surface area contributed by atoms with Crippen LogP contribution in [0, 0.1) is 0 Å². The van der Waals surface area contributed by atoms with E-state index in [-0.39, 0.29) is 0 Å². The molecule has 0 saturated carbocycles. The largest absolute Gasteiger partial charge is 0.299 e. The molecule has 0 aliphatic heterocycles. The minimum absolute atomic E-state index is 0.736. The number of carbonyl (C=O) groups is 1. The van der Waals surface area contributed by atoms with Gasteiger partial charge in [-0.25, -0.2) is 4.98 Å². The molecule has 13 heavy (non-hydrogen) atoms. The first-order valence-electron chi connectivity index (χ1n) is 3.81. The molecule has 0 bridgehead atoms. The Morgan fingerprint density at radius 2 is 2.31 bits per heavy atom. The van der Waals surface area contributed by atoms with Gasteiger partial charge in [-0.2, -0.15) is 5.10 Å². The molecule has 0 saturated heterocycles. The number of H-pyrrole nitrogens is 1. The van der Waals surface area contributed by atoms with E-state index in [1.54, 1.807) is 18.5 Å². The van der Waals surface area contributed by atoms with E-state index in [0.29, 0.717) is 0 Å². The Labute approximate surface area is 74.3 Å². The average molecular weight is 173 g/mol. The van der Waals surface area contributed by atoms with Gasteiger partial charge < -0.3 is 0 Å². The number of carbonyl (C=O) groups excluding carboxylic acids is 1. The van der Waals surface area contributed by atoms with E-state index in [0.717, 1.165) is 22.9 Å². The average Bonchev–Trinajstić information content (AvgIpc) is 2.61. The second kappa shape index (κ2) is 3.18. The molecule has 4 heteroatoms. The second-order valence-electron chi connectivity index (χ2n) is 2.57. The van der Waals surface area contributed by atoms with Gasteiger partial charge in [-0.15, -0.1) is 0 Å². The Kier molecular flexibility index (Phi) is 1.88. The third-order valence-electron chi connectivity index (χ3n) is 1.68. The summed E-state index contributed by atoms with van der Waals surface area (Å²) in [5, 5.41) is 7.53. The van der Waals surface area contributed by atoms with Gasteiger partial charge in [0.15, 0.2) is 5.65 Å². The fourth-order valence-electron chi connectivity index (χ4n) is 1.10. The lowest BCUT2D eigenvalue weighted by Gasteiger charge is -1.90. The van der Waals surface area contributed by atoms with Crippen molar-refractivity contribution >= 4 is 23.4 Å². The summed E-state index contributed by atoms with van der Waals surface area (Å²) in [5.74, 6) is 0. The zero-order chi connectivity index (χ0) is 9.10. The van der Waals surface area contributed by atoms with Crippen molar-refractivity contribution < 1.29 is 4.79 Å². The number of aldehydes is 1. The number of rotatable bonds is 2. The lowest BCUT2D eigenvalue weighted by atomic mass is 10.2. The fraction of sp³-hybridized carbons (Fsp3) is 0. The summed E-state index contributed by atoms with van der Waals surface area (Å²) in [7, 11) is 0. The van der Waals surface area contributed by atoms with Crippen molar-refractivity contribution in [3.63, 3.8) is 0 Å². The van der Waals surface area contributed by atoms with Crippen molar-refractivity contribution in [1.82, 2.24) is 15.2 Å². The third kappa shape index (κ3) is 1.46. The first-order valence-corrected chi connectivity index (χ1v) is 3.81. The van der Waals surface area contributed by atoms with Crippen molar-refractivity contribution in [1.29, 1.82) is 0 Å². The van der Waals surface area contributed by atoms with E-state index >= 15 is 0 Å². The number of hydrogen-bond donors (Lipinski definition) is 1. The number of hydrogen-bond acceptors (Lipinski definition) is 3. The van der Waals surface area contributed by atoms with Crippen molar-refractivity contribution in [2.75, 3.05) is 0 Å². The van der Waals surface area contributed by atoms with Gasteiger partial charge in [-0.3, -0.25) is 9.89 Å².